The second kappa shape index (κ2) is 12.0. The lowest BCUT2D eigenvalue weighted by Crippen LogP contribution is -2.20. The smallest absolute Gasteiger partial charge is 0.303 e. The number of aliphatic carboxylic acids is 1. The summed E-state index contributed by atoms with van der Waals surface area (Å²) in [5.74, 6) is -1.04. The molecule has 0 aliphatic heterocycles. The number of carbonyl (C=O) groups is 2. The summed E-state index contributed by atoms with van der Waals surface area (Å²) >= 11 is 0. The highest BCUT2D eigenvalue weighted by Crippen LogP contribution is 2.36. The number of hydrogen-bond donors (Lipinski definition) is 3. The average Bonchev–Trinajstić information content (AvgIpc) is 2.82. The van der Waals surface area contributed by atoms with E-state index in [0.717, 1.165) is 19.3 Å². The summed E-state index contributed by atoms with van der Waals surface area (Å²) in [4.78, 5) is 22.3. The quantitative estimate of drug-likeness (QED) is 0.285. The third-order valence-corrected chi connectivity index (χ3v) is 4.78. The Morgan fingerprint density at radius 3 is 2.48 bits per heavy atom. The first-order valence-electron chi connectivity index (χ1n) is 9.39. The molecule has 0 heterocycles. The Kier molecular flexibility index (Phi) is 10.3. The standard InChI is InChI=1S/C20H32O5/c1-2-3-6-9-15(21)12-13-17-16(18(22)14-19(17)23)10-7-4-5-8-11-20(24)25/h4,7,12-13,16-19,22-23H,2-3,5-6,8-11,14H2,1H3,(H,24,25)/b7-4-,13-12+/t16-,17+,18-,19-/m0/s1. The third kappa shape index (κ3) is 8.45. The fourth-order valence-corrected chi connectivity index (χ4v) is 3.30. The molecule has 1 rings (SSSR count). The maximum atomic E-state index is 11.9. The van der Waals surface area contributed by atoms with Crippen LogP contribution < -0.4 is 0 Å². The second-order valence-electron chi connectivity index (χ2n) is 6.89. The summed E-state index contributed by atoms with van der Waals surface area (Å²) in [6.45, 7) is 2.09. The zero-order valence-electron chi connectivity index (χ0n) is 15.1. The Balaban J connectivity index is 2.48. The Labute approximate surface area is 150 Å². The van der Waals surface area contributed by atoms with E-state index in [-0.39, 0.29) is 24.0 Å². The third-order valence-electron chi connectivity index (χ3n) is 4.78. The molecule has 1 aliphatic rings. The van der Waals surface area contributed by atoms with Crippen molar-refractivity contribution in [1.82, 2.24) is 0 Å². The predicted molar refractivity (Wildman–Crippen MR) is 97.1 cm³/mol. The molecule has 0 bridgehead atoms. The average molecular weight is 352 g/mol. The fraction of sp³-hybridized carbons (Fsp3) is 0.700. The molecule has 142 valence electrons. The molecule has 0 aromatic rings. The van der Waals surface area contributed by atoms with Gasteiger partial charge in [-0.2, -0.15) is 0 Å². The molecular formula is C20H32O5. The van der Waals surface area contributed by atoms with Crippen LogP contribution in [0, 0.1) is 11.8 Å². The number of hydrogen-bond acceptors (Lipinski definition) is 4. The van der Waals surface area contributed by atoms with Gasteiger partial charge < -0.3 is 15.3 Å². The number of ketones is 1. The van der Waals surface area contributed by atoms with Crippen molar-refractivity contribution in [2.45, 2.75) is 76.9 Å². The van der Waals surface area contributed by atoms with E-state index in [1.165, 1.54) is 0 Å². The van der Waals surface area contributed by atoms with Gasteiger partial charge in [0.1, 0.15) is 0 Å². The van der Waals surface area contributed by atoms with E-state index in [9.17, 15) is 19.8 Å². The topological polar surface area (TPSA) is 94.8 Å². The fourth-order valence-electron chi connectivity index (χ4n) is 3.30. The van der Waals surface area contributed by atoms with E-state index in [0.29, 0.717) is 32.1 Å². The van der Waals surface area contributed by atoms with Crippen LogP contribution in [0.1, 0.15) is 64.7 Å². The van der Waals surface area contributed by atoms with Crippen molar-refractivity contribution < 1.29 is 24.9 Å². The molecule has 1 fully saturated rings. The molecule has 0 aromatic heterocycles. The van der Waals surface area contributed by atoms with E-state index in [2.05, 4.69) is 6.92 Å². The molecule has 0 unspecified atom stereocenters. The van der Waals surface area contributed by atoms with E-state index >= 15 is 0 Å². The van der Waals surface area contributed by atoms with Crippen LogP contribution in [0.5, 0.6) is 0 Å². The van der Waals surface area contributed by atoms with Crippen molar-refractivity contribution >= 4 is 11.8 Å². The first-order chi connectivity index (χ1) is 12.0. The van der Waals surface area contributed by atoms with Gasteiger partial charge in [0.25, 0.3) is 0 Å². The highest BCUT2D eigenvalue weighted by molar-refractivity contribution is 5.89. The molecule has 5 heteroatoms. The van der Waals surface area contributed by atoms with Crippen LogP contribution in [0.2, 0.25) is 0 Å². The number of aliphatic hydroxyl groups is 2. The number of carboxylic acid groups (broad SMARTS) is 1. The summed E-state index contributed by atoms with van der Waals surface area (Å²) in [6, 6.07) is 0. The highest BCUT2D eigenvalue weighted by atomic mass is 16.4. The van der Waals surface area contributed by atoms with Gasteiger partial charge in [-0.1, -0.05) is 38.0 Å². The summed E-state index contributed by atoms with van der Waals surface area (Å²) in [5, 5.41) is 28.9. The van der Waals surface area contributed by atoms with Crippen LogP contribution in [0.4, 0.5) is 0 Å². The molecule has 25 heavy (non-hydrogen) atoms. The molecule has 0 spiro atoms. The molecule has 0 amide bonds. The second-order valence-corrected chi connectivity index (χ2v) is 6.89. The number of allylic oxidation sites excluding steroid dienone is 3. The molecule has 1 saturated carbocycles. The van der Waals surface area contributed by atoms with Gasteiger partial charge in [-0.3, -0.25) is 9.59 Å². The summed E-state index contributed by atoms with van der Waals surface area (Å²) in [5.41, 5.74) is 0. The summed E-state index contributed by atoms with van der Waals surface area (Å²) in [6.07, 6.45) is 11.9. The Morgan fingerprint density at radius 1 is 1.04 bits per heavy atom. The van der Waals surface area contributed by atoms with Gasteiger partial charge in [0, 0.05) is 25.2 Å². The lowest BCUT2D eigenvalue weighted by Gasteiger charge is -2.19. The predicted octanol–water partition coefficient (Wildman–Crippen LogP) is 3.25. The number of rotatable bonds is 12. The van der Waals surface area contributed by atoms with Gasteiger partial charge in [0.2, 0.25) is 0 Å². The number of aliphatic hydroxyl groups excluding tert-OH is 2. The van der Waals surface area contributed by atoms with Crippen LogP contribution in [-0.2, 0) is 9.59 Å². The monoisotopic (exact) mass is 352 g/mol. The van der Waals surface area contributed by atoms with Gasteiger partial charge in [0.15, 0.2) is 5.78 Å². The highest BCUT2D eigenvalue weighted by Gasteiger charge is 2.39. The van der Waals surface area contributed by atoms with Crippen molar-refractivity contribution in [3.05, 3.63) is 24.3 Å². The van der Waals surface area contributed by atoms with Crippen molar-refractivity contribution in [3.63, 3.8) is 0 Å². The van der Waals surface area contributed by atoms with Gasteiger partial charge in [-0.25, -0.2) is 0 Å². The number of carboxylic acids is 1. The van der Waals surface area contributed by atoms with Gasteiger partial charge >= 0.3 is 5.97 Å². The Morgan fingerprint density at radius 2 is 1.80 bits per heavy atom. The van der Waals surface area contributed by atoms with E-state index in [4.69, 9.17) is 5.11 Å². The first-order valence-corrected chi connectivity index (χ1v) is 9.39. The minimum Gasteiger partial charge on any atom is -0.481 e. The van der Waals surface area contributed by atoms with Gasteiger partial charge in [0.05, 0.1) is 12.2 Å². The minimum absolute atomic E-state index is 0.0741. The van der Waals surface area contributed by atoms with E-state index in [1.54, 1.807) is 12.2 Å². The number of carbonyl (C=O) groups excluding carboxylic acids is 1. The zero-order chi connectivity index (χ0) is 18.7. The molecule has 1 aliphatic carbocycles. The molecule has 0 radical (unpaired) electrons. The molecule has 3 N–H and O–H groups in total. The Bertz CT molecular complexity index is 469. The largest absolute Gasteiger partial charge is 0.481 e. The summed E-state index contributed by atoms with van der Waals surface area (Å²) in [7, 11) is 0. The summed E-state index contributed by atoms with van der Waals surface area (Å²) < 4.78 is 0. The first kappa shape index (κ1) is 21.6. The minimum atomic E-state index is -0.795. The van der Waals surface area contributed by atoms with Gasteiger partial charge in [-0.15, -0.1) is 0 Å². The lowest BCUT2D eigenvalue weighted by molar-refractivity contribution is -0.137. The normalized spacial score (nSPS) is 26.7. The van der Waals surface area contributed by atoms with Crippen LogP contribution in [0.3, 0.4) is 0 Å². The van der Waals surface area contributed by atoms with Crippen LogP contribution in [-0.4, -0.2) is 39.3 Å². The lowest BCUT2D eigenvalue weighted by atomic mass is 9.89. The Hall–Kier alpha value is -1.46. The van der Waals surface area contributed by atoms with Gasteiger partial charge in [-0.05, 0) is 37.7 Å². The molecule has 0 saturated heterocycles. The van der Waals surface area contributed by atoms with E-state index in [1.807, 2.05) is 12.2 Å². The maximum Gasteiger partial charge on any atom is 0.303 e. The molecule has 4 atom stereocenters. The van der Waals surface area contributed by atoms with Crippen LogP contribution in [0.25, 0.3) is 0 Å². The van der Waals surface area contributed by atoms with Crippen molar-refractivity contribution in [1.29, 1.82) is 0 Å². The number of unbranched alkanes of at least 4 members (excludes halogenated alkanes) is 3. The van der Waals surface area contributed by atoms with E-state index < -0.39 is 18.2 Å². The van der Waals surface area contributed by atoms with Crippen molar-refractivity contribution in [2.75, 3.05) is 0 Å². The molecule has 5 nitrogen and oxygen atoms in total. The molecule has 0 aromatic carbocycles. The van der Waals surface area contributed by atoms with Crippen LogP contribution >= 0.6 is 0 Å². The van der Waals surface area contributed by atoms with Crippen molar-refractivity contribution in [3.8, 4) is 0 Å². The SMILES string of the molecule is CCCCCC(=O)/C=C/[C@@H]1[C@H](C/C=C\CCCC(=O)O)[C@@H](O)C[C@@H]1O. The molecular weight excluding hydrogens is 320 g/mol. The maximum absolute atomic E-state index is 11.9. The zero-order valence-corrected chi connectivity index (χ0v) is 15.1. The van der Waals surface area contributed by atoms with Crippen LogP contribution in [0.15, 0.2) is 24.3 Å². The van der Waals surface area contributed by atoms with Crippen molar-refractivity contribution in [2.24, 2.45) is 11.8 Å².